The first kappa shape index (κ1) is 13.2. The van der Waals surface area contributed by atoms with Crippen LogP contribution >= 0.6 is 95.6 Å². The number of nitrogens with zero attached hydrogens (tertiary/aromatic N) is 1. The van der Waals surface area contributed by atoms with Crippen molar-refractivity contribution in [2.24, 2.45) is 0 Å². The molecule has 0 aromatic carbocycles. The quantitative estimate of drug-likeness (QED) is 0.438. The van der Waals surface area contributed by atoms with Crippen molar-refractivity contribution in [2.75, 3.05) is 0 Å². The Morgan fingerprint density at radius 2 is 1.54 bits per heavy atom. The van der Waals surface area contributed by atoms with E-state index in [0.29, 0.717) is 0 Å². The van der Waals surface area contributed by atoms with Gasteiger partial charge in [-0.15, -0.1) is 0 Å². The van der Waals surface area contributed by atoms with E-state index in [2.05, 4.69) is 106 Å². The first-order valence-corrected chi connectivity index (χ1v) is 7.66. The standard InChI is InChI=1S/C5H2Br6N2/c6-4(7,8)2-3(5(9,10)11)13-1-12-2/h1H,(H,12,13). The van der Waals surface area contributed by atoms with Gasteiger partial charge in [-0.2, -0.15) is 0 Å². The Hall–Kier alpha value is 2.09. The third-order valence-electron chi connectivity index (χ3n) is 1.19. The summed E-state index contributed by atoms with van der Waals surface area (Å²) in [5, 5.41) is 0. The molecule has 0 atom stereocenters. The summed E-state index contributed by atoms with van der Waals surface area (Å²) in [5.74, 6) is 0. The average molecular weight is 570 g/mol. The van der Waals surface area contributed by atoms with Gasteiger partial charge in [-0.3, -0.25) is 0 Å². The Morgan fingerprint density at radius 1 is 1.00 bits per heavy atom. The lowest BCUT2D eigenvalue weighted by Gasteiger charge is -2.16. The Morgan fingerprint density at radius 3 is 1.85 bits per heavy atom. The molecule has 0 radical (unpaired) electrons. The summed E-state index contributed by atoms with van der Waals surface area (Å²) in [6.45, 7) is 0. The van der Waals surface area contributed by atoms with Crippen molar-refractivity contribution in [3.63, 3.8) is 0 Å². The minimum absolute atomic E-state index is 0.501. The van der Waals surface area contributed by atoms with E-state index >= 15 is 0 Å². The third-order valence-corrected chi connectivity index (χ3v) is 3.51. The molecule has 0 aliphatic heterocycles. The van der Waals surface area contributed by atoms with Gasteiger partial charge in [0, 0.05) is 0 Å². The summed E-state index contributed by atoms with van der Waals surface area (Å²) >= 11 is 20.4. The second-order valence-electron chi connectivity index (χ2n) is 2.12. The molecule has 13 heavy (non-hydrogen) atoms. The van der Waals surface area contributed by atoms with Crippen LogP contribution in [0.2, 0.25) is 0 Å². The van der Waals surface area contributed by atoms with Crippen molar-refractivity contribution in [3.05, 3.63) is 17.7 Å². The first-order valence-electron chi connectivity index (χ1n) is 2.90. The highest BCUT2D eigenvalue weighted by Gasteiger charge is 2.35. The van der Waals surface area contributed by atoms with Crippen molar-refractivity contribution in [3.8, 4) is 0 Å². The fraction of sp³-hybridized carbons (Fsp3) is 0.400. The summed E-state index contributed by atoms with van der Waals surface area (Å²) in [4.78, 5) is 7.18. The molecular weight excluding hydrogens is 567 g/mol. The minimum Gasteiger partial charge on any atom is -0.346 e. The van der Waals surface area contributed by atoms with E-state index in [0.717, 1.165) is 11.4 Å². The van der Waals surface area contributed by atoms with Crippen LogP contribution in [0.25, 0.3) is 0 Å². The van der Waals surface area contributed by atoms with Crippen LogP contribution in [-0.2, 0) is 4.29 Å². The zero-order valence-electron chi connectivity index (χ0n) is 5.79. The highest BCUT2D eigenvalue weighted by molar-refractivity contribution is 9.39. The number of aromatic amines is 1. The largest absolute Gasteiger partial charge is 0.346 e. The molecule has 0 fully saturated rings. The predicted molar refractivity (Wildman–Crippen MR) is 75.5 cm³/mol. The molecule has 0 unspecified atom stereocenters. The van der Waals surface area contributed by atoms with Crippen LogP contribution in [0.5, 0.6) is 0 Å². The van der Waals surface area contributed by atoms with Gasteiger partial charge in [0.25, 0.3) is 0 Å². The van der Waals surface area contributed by atoms with Gasteiger partial charge in [0.05, 0.1) is 12.0 Å². The normalized spacial score (nSPS) is 13.4. The second-order valence-corrected chi connectivity index (χ2v) is 15.6. The molecule has 1 aromatic rings. The average Bonchev–Trinajstić information content (AvgIpc) is 2.27. The van der Waals surface area contributed by atoms with Crippen molar-refractivity contribution in [2.45, 2.75) is 4.29 Å². The minimum atomic E-state index is -0.525. The van der Waals surface area contributed by atoms with Crippen molar-refractivity contribution in [1.82, 2.24) is 9.97 Å². The van der Waals surface area contributed by atoms with E-state index in [-0.39, 0.29) is 0 Å². The van der Waals surface area contributed by atoms with Gasteiger partial charge < -0.3 is 4.98 Å². The summed E-state index contributed by atoms with van der Waals surface area (Å²) in [6, 6.07) is 0. The Balaban J connectivity index is 3.19. The molecule has 0 aliphatic carbocycles. The van der Waals surface area contributed by atoms with Crippen molar-refractivity contribution >= 4 is 95.6 Å². The fourth-order valence-corrected chi connectivity index (χ4v) is 2.53. The van der Waals surface area contributed by atoms with Crippen molar-refractivity contribution < 1.29 is 0 Å². The van der Waals surface area contributed by atoms with E-state index in [1.807, 2.05) is 0 Å². The third kappa shape index (κ3) is 3.55. The highest BCUT2D eigenvalue weighted by Crippen LogP contribution is 2.51. The van der Waals surface area contributed by atoms with E-state index < -0.39 is 4.29 Å². The van der Waals surface area contributed by atoms with Crippen LogP contribution in [-0.4, -0.2) is 9.97 Å². The summed E-state index contributed by atoms with van der Waals surface area (Å²) in [7, 11) is 0. The molecule has 2 nitrogen and oxygen atoms in total. The van der Waals surface area contributed by atoms with Gasteiger partial charge in [0.1, 0.15) is 5.69 Å². The smallest absolute Gasteiger partial charge is 0.178 e. The molecule has 0 spiro atoms. The van der Waals surface area contributed by atoms with E-state index in [4.69, 9.17) is 0 Å². The van der Waals surface area contributed by atoms with E-state index in [9.17, 15) is 0 Å². The van der Waals surface area contributed by atoms with Crippen LogP contribution in [0.4, 0.5) is 0 Å². The number of rotatable bonds is 0. The predicted octanol–water partition coefficient (Wildman–Crippen LogP) is 5.00. The lowest BCUT2D eigenvalue weighted by Crippen LogP contribution is -2.09. The lowest BCUT2D eigenvalue weighted by molar-refractivity contribution is 1.13. The fourth-order valence-electron chi connectivity index (χ4n) is 0.725. The number of aromatic nitrogens is 2. The Kier molecular flexibility index (Phi) is 4.58. The second kappa shape index (κ2) is 4.53. The van der Waals surface area contributed by atoms with Gasteiger partial charge >= 0.3 is 0 Å². The summed E-state index contributed by atoms with van der Waals surface area (Å²) < 4.78 is -1.03. The Labute approximate surface area is 126 Å². The summed E-state index contributed by atoms with van der Waals surface area (Å²) in [6.07, 6.45) is 1.61. The molecule has 1 heterocycles. The van der Waals surface area contributed by atoms with Gasteiger partial charge in [-0.1, -0.05) is 95.6 Å². The maximum absolute atomic E-state index is 4.17. The van der Waals surface area contributed by atoms with E-state index in [1.165, 1.54) is 0 Å². The van der Waals surface area contributed by atoms with Crippen LogP contribution in [0.3, 0.4) is 0 Å². The maximum Gasteiger partial charge on any atom is 0.178 e. The van der Waals surface area contributed by atoms with Crippen LogP contribution in [0.1, 0.15) is 11.4 Å². The van der Waals surface area contributed by atoms with Gasteiger partial charge in [-0.05, 0) is 0 Å². The van der Waals surface area contributed by atoms with Crippen LogP contribution < -0.4 is 0 Å². The molecule has 1 N–H and O–H groups in total. The molecule has 0 saturated carbocycles. The number of hydrogen-bond donors (Lipinski definition) is 1. The maximum atomic E-state index is 4.17. The topological polar surface area (TPSA) is 28.7 Å². The zero-order chi connectivity index (χ0) is 10.3. The molecule has 1 rings (SSSR count). The van der Waals surface area contributed by atoms with Gasteiger partial charge in [-0.25, -0.2) is 4.98 Å². The number of H-pyrrole nitrogens is 1. The van der Waals surface area contributed by atoms with Gasteiger partial charge in [0.2, 0.25) is 0 Å². The molecule has 74 valence electrons. The number of hydrogen-bond acceptors (Lipinski definition) is 1. The molecule has 8 heteroatoms. The highest BCUT2D eigenvalue weighted by atomic mass is 80.0. The van der Waals surface area contributed by atoms with Crippen LogP contribution in [0, 0.1) is 0 Å². The molecule has 0 aliphatic rings. The van der Waals surface area contributed by atoms with E-state index in [1.54, 1.807) is 6.33 Å². The molecular formula is C5H2Br6N2. The lowest BCUT2D eigenvalue weighted by atomic mass is 10.4. The zero-order valence-corrected chi connectivity index (χ0v) is 15.3. The molecule has 1 aromatic heterocycles. The monoisotopic (exact) mass is 564 g/mol. The number of alkyl halides is 6. The summed E-state index contributed by atoms with van der Waals surface area (Å²) in [5.41, 5.74) is 1.65. The number of imidazole rings is 1. The Bertz CT molecular complexity index is 266. The van der Waals surface area contributed by atoms with Crippen LogP contribution in [0.15, 0.2) is 6.33 Å². The molecule has 0 amide bonds. The van der Waals surface area contributed by atoms with Crippen molar-refractivity contribution in [1.29, 1.82) is 0 Å². The van der Waals surface area contributed by atoms with Gasteiger partial charge in [0.15, 0.2) is 4.29 Å². The SMILES string of the molecule is BrC(Br)(Br)c1nc[nH]c1C(Br)(Br)Br. The number of halogens is 6. The molecule has 0 saturated heterocycles. The molecule has 0 bridgehead atoms. The first-order chi connectivity index (χ1) is 5.73. The number of nitrogens with one attached hydrogen (secondary N) is 1.